The molecule has 15 heavy (non-hydrogen) atoms. The van der Waals surface area contributed by atoms with Crippen molar-refractivity contribution in [2.45, 2.75) is 0 Å². The van der Waals surface area contributed by atoms with Crippen LogP contribution in [0.2, 0.25) is 0 Å². The van der Waals surface area contributed by atoms with Gasteiger partial charge in [-0.1, -0.05) is 0 Å². The summed E-state index contributed by atoms with van der Waals surface area (Å²) in [5, 5.41) is 21.2. The summed E-state index contributed by atoms with van der Waals surface area (Å²) in [6.45, 7) is 0.0224. The number of carbonyl (C=O) groups is 1. The van der Waals surface area contributed by atoms with Gasteiger partial charge in [-0.05, 0) is 12.1 Å². The molecule has 0 aliphatic carbocycles. The zero-order valence-corrected chi connectivity index (χ0v) is 7.84. The second-order valence-electron chi connectivity index (χ2n) is 2.78. The number of hydrogen-bond donors (Lipinski definition) is 2. The monoisotopic (exact) mass is 210 g/mol. The Labute approximate surface area is 85.7 Å². The predicted octanol–water partition coefficient (Wildman–Crippen LogP) is 0.317. The van der Waals surface area contributed by atoms with E-state index in [-0.39, 0.29) is 24.7 Å². The number of hydrogen-bond acceptors (Lipinski definition) is 4. The summed E-state index contributed by atoms with van der Waals surface area (Å²) >= 11 is 0. The van der Waals surface area contributed by atoms with Crippen molar-refractivity contribution in [2.75, 3.05) is 13.2 Å². The zero-order chi connectivity index (χ0) is 11.3. The molecule has 0 saturated heterocycles. The largest absolute Gasteiger partial charge is 0.395 e. The third-order valence-electron chi connectivity index (χ3n) is 1.74. The Kier molecular flexibility index (Phi) is 3.75. The first-order valence-electron chi connectivity index (χ1n) is 4.28. The van der Waals surface area contributed by atoms with Gasteiger partial charge < -0.3 is 10.4 Å². The Bertz CT molecular complexity index is 361. The summed E-state index contributed by atoms with van der Waals surface area (Å²) in [6, 6.07) is 5.25. The molecule has 0 unspecified atom stereocenters. The van der Waals surface area contributed by atoms with Crippen LogP contribution in [0.15, 0.2) is 24.3 Å². The van der Waals surface area contributed by atoms with Gasteiger partial charge >= 0.3 is 0 Å². The van der Waals surface area contributed by atoms with Gasteiger partial charge in [0.05, 0.1) is 11.5 Å². The smallest absolute Gasteiger partial charge is 0.269 e. The molecule has 2 N–H and O–H groups in total. The maximum atomic E-state index is 11.3. The number of carbonyl (C=O) groups excluding carboxylic acids is 1. The van der Waals surface area contributed by atoms with E-state index in [4.69, 9.17) is 5.11 Å². The highest BCUT2D eigenvalue weighted by atomic mass is 16.6. The SMILES string of the molecule is O=C(NCCO)c1ccc([N+](=O)[O-])cc1. The van der Waals surface area contributed by atoms with Crippen LogP contribution in [-0.4, -0.2) is 29.1 Å². The fourth-order valence-corrected chi connectivity index (χ4v) is 1.01. The van der Waals surface area contributed by atoms with Crippen molar-refractivity contribution in [3.63, 3.8) is 0 Å². The average molecular weight is 210 g/mol. The van der Waals surface area contributed by atoms with E-state index < -0.39 is 4.92 Å². The lowest BCUT2D eigenvalue weighted by Gasteiger charge is -2.02. The first-order chi connectivity index (χ1) is 7.15. The van der Waals surface area contributed by atoms with Gasteiger partial charge in [0.15, 0.2) is 0 Å². The number of aliphatic hydroxyl groups excluding tert-OH is 1. The van der Waals surface area contributed by atoms with Crippen molar-refractivity contribution >= 4 is 11.6 Å². The summed E-state index contributed by atoms with van der Waals surface area (Å²) in [6.07, 6.45) is 0. The fraction of sp³-hybridized carbons (Fsp3) is 0.222. The number of nitro benzene ring substituents is 1. The lowest BCUT2D eigenvalue weighted by atomic mass is 10.2. The predicted molar refractivity (Wildman–Crippen MR) is 52.5 cm³/mol. The van der Waals surface area contributed by atoms with Crippen LogP contribution in [0.1, 0.15) is 10.4 Å². The van der Waals surface area contributed by atoms with Crippen molar-refractivity contribution in [1.29, 1.82) is 0 Å². The maximum absolute atomic E-state index is 11.3. The van der Waals surface area contributed by atoms with Crippen LogP contribution >= 0.6 is 0 Å². The first-order valence-corrected chi connectivity index (χ1v) is 4.28. The number of rotatable bonds is 4. The van der Waals surface area contributed by atoms with Gasteiger partial charge in [-0.3, -0.25) is 14.9 Å². The second kappa shape index (κ2) is 5.06. The van der Waals surface area contributed by atoms with E-state index in [0.717, 1.165) is 0 Å². The molecule has 0 fully saturated rings. The topological polar surface area (TPSA) is 92.5 Å². The van der Waals surface area contributed by atoms with Gasteiger partial charge in [-0.2, -0.15) is 0 Å². The molecule has 1 aromatic carbocycles. The zero-order valence-electron chi connectivity index (χ0n) is 7.84. The van der Waals surface area contributed by atoms with Crippen molar-refractivity contribution in [3.05, 3.63) is 39.9 Å². The molecule has 0 atom stereocenters. The Morgan fingerprint density at radius 1 is 1.40 bits per heavy atom. The van der Waals surface area contributed by atoms with Crippen molar-refractivity contribution in [1.82, 2.24) is 5.32 Å². The van der Waals surface area contributed by atoms with Crippen LogP contribution in [0.5, 0.6) is 0 Å². The number of aliphatic hydroxyl groups is 1. The molecule has 0 bridgehead atoms. The fourth-order valence-electron chi connectivity index (χ4n) is 1.01. The molecule has 6 heteroatoms. The summed E-state index contributed by atoms with van der Waals surface area (Å²) in [7, 11) is 0. The minimum Gasteiger partial charge on any atom is -0.395 e. The molecule has 1 amide bonds. The van der Waals surface area contributed by atoms with E-state index >= 15 is 0 Å². The molecule has 0 radical (unpaired) electrons. The van der Waals surface area contributed by atoms with E-state index in [1.807, 2.05) is 0 Å². The summed E-state index contributed by atoms with van der Waals surface area (Å²) < 4.78 is 0. The molecule has 0 aliphatic heterocycles. The standard InChI is InChI=1S/C9H10N2O4/c12-6-5-10-9(13)7-1-3-8(4-2-7)11(14)15/h1-4,12H,5-6H2,(H,10,13). The highest BCUT2D eigenvalue weighted by molar-refractivity contribution is 5.94. The lowest BCUT2D eigenvalue weighted by molar-refractivity contribution is -0.384. The molecule has 0 spiro atoms. The molecule has 6 nitrogen and oxygen atoms in total. The van der Waals surface area contributed by atoms with E-state index in [1.54, 1.807) is 0 Å². The first kappa shape index (κ1) is 11.1. The minimum atomic E-state index is -0.532. The maximum Gasteiger partial charge on any atom is 0.269 e. The van der Waals surface area contributed by atoms with Gasteiger partial charge in [-0.15, -0.1) is 0 Å². The van der Waals surface area contributed by atoms with E-state index in [9.17, 15) is 14.9 Å². The van der Waals surface area contributed by atoms with Gasteiger partial charge in [0.25, 0.3) is 11.6 Å². The number of nitrogens with one attached hydrogen (secondary N) is 1. The van der Waals surface area contributed by atoms with Crippen LogP contribution in [-0.2, 0) is 0 Å². The molecule has 0 saturated carbocycles. The average Bonchev–Trinajstić information content (AvgIpc) is 2.26. The molecule has 1 rings (SSSR count). The van der Waals surface area contributed by atoms with Gasteiger partial charge in [0, 0.05) is 24.2 Å². The Morgan fingerprint density at radius 3 is 2.47 bits per heavy atom. The van der Waals surface area contributed by atoms with Crippen molar-refractivity contribution in [2.24, 2.45) is 0 Å². The molecule has 0 aromatic heterocycles. The number of non-ortho nitro benzene ring substituents is 1. The molecule has 80 valence electrons. The highest BCUT2D eigenvalue weighted by Gasteiger charge is 2.08. The third-order valence-corrected chi connectivity index (χ3v) is 1.74. The second-order valence-corrected chi connectivity index (χ2v) is 2.78. The van der Waals surface area contributed by atoms with E-state index in [2.05, 4.69) is 5.32 Å². The van der Waals surface area contributed by atoms with Crippen molar-refractivity contribution in [3.8, 4) is 0 Å². The molecular weight excluding hydrogens is 200 g/mol. The number of benzene rings is 1. The van der Waals surface area contributed by atoms with Crippen LogP contribution < -0.4 is 5.32 Å². The Balaban J connectivity index is 2.71. The highest BCUT2D eigenvalue weighted by Crippen LogP contribution is 2.11. The van der Waals surface area contributed by atoms with Crippen LogP contribution in [0.3, 0.4) is 0 Å². The quantitative estimate of drug-likeness (QED) is 0.552. The third kappa shape index (κ3) is 3.03. The minimum absolute atomic E-state index is 0.0614. The molecule has 1 aromatic rings. The number of amides is 1. The normalized spacial score (nSPS) is 9.67. The van der Waals surface area contributed by atoms with Crippen LogP contribution in [0.25, 0.3) is 0 Å². The number of nitro groups is 1. The summed E-state index contributed by atoms with van der Waals surface area (Å²) in [4.78, 5) is 21.1. The summed E-state index contributed by atoms with van der Waals surface area (Å²) in [5.41, 5.74) is 0.266. The lowest BCUT2D eigenvalue weighted by Crippen LogP contribution is -2.26. The number of nitrogens with zero attached hydrogens (tertiary/aromatic N) is 1. The van der Waals surface area contributed by atoms with Gasteiger partial charge in [0.1, 0.15) is 0 Å². The Morgan fingerprint density at radius 2 is 2.00 bits per heavy atom. The molecule has 0 aliphatic rings. The molecular formula is C9H10N2O4. The van der Waals surface area contributed by atoms with Crippen LogP contribution in [0.4, 0.5) is 5.69 Å². The van der Waals surface area contributed by atoms with E-state index in [1.165, 1.54) is 24.3 Å². The van der Waals surface area contributed by atoms with Gasteiger partial charge in [0.2, 0.25) is 0 Å². The van der Waals surface area contributed by atoms with E-state index in [0.29, 0.717) is 5.56 Å². The van der Waals surface area contributed by atoms with Crippen LogP contribution in [0, 0.1) is 10.1 Å². The van der Waals surface area contributed by atoms with Gasteiger partial charge in [-0.25, -0.2) is 0 Å². The summed E-state index contributed by atoms with van der Waals surface area (Å²) in [5.74, 6) is -0.362. The van der Waals surface area contributed by atoms with Crippen molar-refractivity contribution < 1.29 is 14.8 Å². The molecule has 0 heterocycles. The Hall–Kier alpha value is -1.95.